The van der Waals surface area contributed by atoms with Gasteiger partial charge in [-0.15, -0.1) is 0 Å². The molecule has 1 aliphatic rings. The summed E-state index contributed by atoms with van der Waals surface area (Å²) >= 11 is 6.69. The molecular weight excluding hydrogens is 422 g/mol. The molecule has 0 atom stereocenters. The number of morpholine rings is 1. The number of methoxy groups -OCH3 is 1. The summed E-state index contributed by atoms with van der Waals surface area (Å²) in [4.78, 5) is 10.7. The van der Waals surface area contributed by atoms with Crippen molar-refractivity contribution in [2.75, 3.05) is 40.0 Å². The highest BCUT2D eigenvalue weighted by atomic mass is 35.5. The third-order valence-corrected chi connectivity index (χ3v) is 6.38. The molecule has 0 amide bonds. The number of nitrogens with one attached hydrogen (secondary N) is 1. The molecule has 0 spiro atoms. The quantitative estimate of drug-likeness (QED) is 0.428. The summed E-state index contributed by atoms with van der Waals surface area (Å²) in [5, 5.41) is 1.80. The monoisotopic (exact) mass is 447 g/mol. The van der Waals surface area contributed by atoms with E-state index < -0.39 is 0 Å². The Hall–Kier alpha value is -2.86. The van der Waals surface area contributed by atoms with Crippen molar-refractivity contribution in [1.29, 1.82) is 0 Å². The maximum Gasteiger partial charge on any atom is 0.119 e. The lowest BCUT2D eigenvalue weighted by Crippen LogP contribution is -2.37. The smallest absolute Gasteiger partial charge is 0.119 e. The van der Waals surface area contributed by atoms with Crippen molar-refractivity contribution in [1.82, 2.24) is 14.9 Å². The van der Waals surface area contributed by atoms with E-state index in [1.807, 2.05) is 42.7 Å². The number of aromatic amines is 1. The van der Waals surface area contributed by atoms with Crippen LogP contribution in [0.3, 0.4) is 0 Å². The highest BCUT2D eigenvalue weighted by molar-refractivity contribution is 6.36. The van der Waals surface area contributed by atoms with Crippen molar-refractivity contribution in [2.24, 2.45) is 0 Å². The molecule has 1 N–H and O–H groups in total. The number of halogens is 1. The molecule has 2 aromatic carbocycles. The first-order valence-corrected chi connectivity index (χ1v) is 11.3. The van der Waals surface area contributed by atoms with Gasteiger partial charge in [-0.2, -0.15) is 0 Å². The predicted octanol–water partition coefficient (Wildman–Crippen LogP) is 5.43. The van der Waals surface area contributed by atoms with Crippen LogP contribution in [-0.2, 0) is 11.2 Å². The Balaban J connectivity index is 1.56. The lowest BCUT2D eigenvalue weighted by Gasteiger charge is -2.26. The van der Waals surface area contributed by atoms with Gasteiger partial charge >= 0.3 is 0 Å². The molecule has 0 unspecified atom stereocenters. The van der Waals surface area contributed by atoms with Gasteiger partial charge in [0.05, 0.1) is 25.3 Å². The Labute approximate surface area is 192 Å². The molecule has 1 fully saturated rings. The summed E-state index contributed by atoms with van der Waals surface area (Å²) in [5.74, 6) is 0.828. The number of hydrogen-bond acceptors (Lipinski definition) is 4. The van der Waals surface area contributed by atoms with E-state index in [1.54, 1.807) is 7.11 Å². The van der Waals surface area contributed by atoms with Gasteiger partial charge in [-0.25, -0.2) is 0 Å². The summed E-state index contributed by atoms with van der Waals surface area (Å²) in [7, 11) is 1.68. The molecular formula is C26H26ClN3O2. The normalized spacial score (nSPS) is 14.7. The highest BCUT2D eigenvalue weighted by Gasteiger charge is 2.18. The van der Waals surface area contributed by atoms with Gasteiger partial charge in [0.15, 0.2) is 0 Å². The zero-order chi connectivity index (χ0) is 21.9. The summed E-state index contributed by atoms with van der Waals surface area (Å²) in [6, 6.07) is 16.3. The van der Waals surface area contributed by atoms with Gasteiger partial charge in [-0.3, -0.25) is 9.88 Å². The minimum atomic E-state index is 0.748. The second-order valence-corrected chi connectivity index (χ2v) is 8.45. The van der Waals surface area contributed by atoms with E-state index in [4.69, 9.17) is 21.1 Å². The molecule has 2 aromatic heterocycles. The first-order chi connectivity index (χ1) is 15.7. The zero-order valence-electron chi connectivity index (χ0n) is 18.1. The van der Waals surface area contributed by atoms with Crippen molar-refractivity contribution in [2.45, 2.75) is 6.42 Å². The Bertz CT molecular complexity index is 1230. The molecule has 0 saturated carbocycles. The van der Waals surface area contributed by atoms with Crippen LogP contribution >= 0.6 is 11.6 Å². The van der Waals surface area contributed by atoms with Crippen LogP contribution in [0.25, 0.3) is 33.2 Å². The van der Waals surface area contributed by atoms with Crippen LogP contribution in [0.15, 0.2) is 60.9 Å². The van der Waals surface area contributed by atoms with Gasteiger partial charge in [0, 0.05) is 71.7 Å². The lowest BCUT2D eigenvalue weighted by molar-refractivity contribution is 0.0384. The SMILES string of the molecule is COc1cccc(-c2cncc(-c3c(CCN4CCOCC4)[nH]c4cccc(Cl)c34)c2)c1. The van der Waals surface area contributed by atoms with Gasteiger partial charge < -0.3 is 14.5 Å². The van der Waals surface area contributed by atoms with E-state index in [-0.39, 0.29) is 0 Å². The van der Waals surface area contributed by atoms with Crippen molar-refractivity contribution in [3.63, 3.8) is 0 Å². The molecule has 5 nitrogen and oxygen atoms in total. The molecule has 1 aliphatic heterocycles. The van der Waals surface area contributed by atoms with Crippen molar-refractivity contribution >= 4 is 22.5 Å². The van der Waals surface area contributed by atoms with Gasteiger partial charge in [0.1, 0.15) is 5.75 Å². The fourth-order valence-electron chi connectivity index (χ4n) is 4.40. The average Bonchev–Trinajstić information content (AvgIpc) is 3.23. The number of ether oxygens (including phenoxy) is 2. The molecule has 0 aliphatic carbocycles. The Kier molecular flexibility index (Phi) is 6.12. The van der Waals surface area contributed by atoms with E-state index in [9.17, 15) is 0 Å². The Morgan fingerprint density at radius 2 is 1.84 bits per heavy atom. The number of benzene rings is 2. The van der Waals surface area contributed by atoms with Gasteiger partial charge in [0.2, 0.25) is 0 Å². The number of aromatic nitrogens is 2. The third kappa shape index (κ3) is 4.24. The van der Waals surface area contributed by atoms with Crippen molar-refractivity contribution in [3.8, 4) is 28.0 Å². The van der Waals surface area contributed by atoms with Crippen molar-refractivity contribution in [3.05, 3.63) is 71.6 Å². The second-order valence-electron chi connectivity index (χ2n) is 8.04. The van der Waals surface area contributed by atoms with Crippen LogP contribution in [-0.4, -0.2) is 54.8 Å². The molecule has 4 aromatic rings. The van der Waals surface area contributed by atoms with E-state index in [0.29, 0.717) is 0 Å². The maximum atomic E-state index is 6.69. The number of rotatable bonds is 6. The summed E-state index contributed by atoms with van der Waals surface area (Å²) in [5.41, 5.74) is 6.54. The summed E-state index contributed by atoms with van der Waals surface area (Å²) in [6.07, 6.45) is 4.72. The number of hydrogen-bond donors (Lipinski definition) is 1. The first-order valence-electron chi connectivity index (χ1n) is 10.9. The first kappa shape index (κ1) is 21.0. The van der Waals surface area contributed by atoms with Crippen LogP contribution in [0.4, 0.5) is 0 Å². The zero-order valence-corrected chi connectivity index (χ0v) is 18.9. The van der Waals surface area contributed by atoms with Gasteiger partial charge in [0.25, 0.3) is 0 Å². The number of nitrogens with zero attached hydrogens (tertiary/aromatic N) is 2. The van der Waals surface area contributed by atoms with Crippen LogP contribution in [0.1, 0.15) is 5.69 Å². The van der Waals surface area contributed by atoms with E-state index >= 15 is 0 Å². The van der Waals surface area contributed by atoms with Crippen LogP contribution < -0.4 is 4.74 Å². The minimum absolute atomic E-state index is 0.748. The Morgan fingerprint density at radius 1 is 1.03 bits per heavy atom. The van der Waals surface area contributed by atoms with Crippen molar-refractivity contribution < 1.29 is 9.47 Å². The second kappa shape index (κ2) is 9.33. The fraction of sp³-hybridized carbons (Fsp3) is 0.269. The fourth-order valence-corrected chi connectivity index (χ4v) is 4.67. The topological polar surface area (TPSA) is 50.4 Å². The summed E-state index contributed by atoms with van der Waals surface area (Å²) in [6.45, 7) is 4.53. The third-order valence-electron chi connectivity index (χ3n) is 6.06. The highest BCUT2D eigenvalue weighted by Crippen LogP contribution is 2.38. The number of pyridine rings is 1. The molecule has 3 heterocycles. The Morgan fingerprint density at radius 3 is 2.69 bits per heavy atom. The molecule has 164 valence electrons. The molecule has 5 rings (SSSR count). The predicted molar refractivity (Wildman–Crippen MR) is 129 cm³/mol. The largest absolute Gasteiger partial charge is 0.497 e. The molecule has 0 radical (unpaired) electrons. The lowest BCUT2D eigenvalue weighted by atomic mass is 9.98. The number of H-pyrrole nitrogens is 1. The van der Waals surface area contributed by atoms with E-state index in [1.165, 1.54) is 5.69 Å². The van der Waals surface area contributed by atoms with Crippen LogP contribution in [0.5, 0.6) is 5.75 Å². The molecule has 0 bridgehead atoms. The minimum Gasteiger partial charge on any atom is -0.497 e. The van der Waals surface area contributed by atoms with Crippen LogP contribution in [0, 0.1) is 0 Å². The molecule has 6 heteroatoms. The number of fused-ring (bicyclic) bond motifs is 1. The molecule has 32 heavy (non-hydrogen) atoms. The van der Waals surface area contributed by atoms with Gasteiger partial charge in [-0.1, -0.05) is 29.8 Å². The maximum absolute atomic E-state index is 6.69. The average molecular weight is 448 g/mol. The van der Waals surface area contributed by atoms with Gasteiger partial charge in [-0.05, 0) is 35.9 Å². The van der Waals surface area contributed by atoms with E-state index in [2.05, 4.69) is 33.1 Å². The standard InChI is InChI=1S/C26H26ClN3O2/c1-31-21-5-2-4-18(15-21)19-14-20(17-28-16-19)25-24(8-9-30-10-12-32-13-11-30)29-23-7-3-6-22(27)26(23)25/h2-7,14-17,29H,8-13H2,1H3. The van der Waals surface area contributed by atoms with Crippen LogP contribution in [0.2, 0.25) is 5.02 Å². The molecule has 1 saturated heterocycles. The summed E-state index contributed by atoms with van der Waals surface area (Å²) < 4.78 is 10.9. The van der Waals surface area contributed by atoms with E-state index in [0.717, 1.165) is 83.2 Å².